The first-order valence-electron chi connectivity index (χ1n) is 11.3. The van der Waals surface area contributed by atoms with Crippen LogP contribution in [0.25, 0.3) is 34.5 Å². The Bertz CT molecular complexity index is 1510. The molecule has 0 radical (unpaired) electrons. The number of nitrogens with zero attached hydrogens (tertiary/aromatic N) is 1. The van der Waals surface area contributed by atoms with E-state index in [0.717, 1.165) is 33.5 Å². The molecule has 5 aromatic rings. The third-order valence-electron chi connectivity index (χ3n) is 5.66. The summed E-state index contributed by atoms with van der Waals surface area (Å²) in [5.41, 5.74) is 5.32. The van der Waals surface area contributed by atoms with Gasteiger partial charge in [0.25, 0.3) is 0 Å². The zero-order valence-electron chi connectivity index (χ0n) is 19.1. The Morgan fingerprint density at radius 3 is 2.36 bits per heavy atom. The average Bonchev–Trinajstić information content (AvgIpc) is 3.36. The van der Waals surface area contributed by atoms with Gasteiger partial charge < -0.3 is 9.72 Å². The number of H-pyrrole nitrogens is 1. The van der Waals surface area contributed by atoms with Gasteiger partial charge in [0.1, 0.15) is 12.4 Å². The quantitative estimate of drug-likeness (QED) is 0.235. The van der Waals surface area contributed by atoms with Gasteiger partial charge in [-0.15, -0.1) is 0 Å². The summed E-state index contributed by atoms with van der Waals surface area (Å²) in [7, 11) is 0. The second-order valence-corrected chi connectivity index (χ2v) is 9.02. The van der Waals surface area contributed by atoms with Crippen molar-refractivity contribution in [1.82, 2.24) is 9.97 Å². The van der Waals surface area contributed by atoms with Crippen molar-refractivity contribution >= 4 is 35.4 Å². The summed E-state index contributed by atoms with van der Waals surface area (Å²) in [5, 5.41) is 1.14. The van der Waals surface area contributed by atoms with Crippen molar-refractivity contribution in [3.05, 3.63) is 130 Å². The van der Waals surface area contributed by atoms with Crippen molar-refractivity contribution in [2.45, 2.75) is 6.61 Å². The van der Waals surface area contributed by atoms with Gasteiger partial charge in [-0.05, 0) is 58.7 Å². The summed E-state index contributed by atoms with van der Waals surface area (Å²) in [6, 6.07) is 27.9. The molecule has 0 spiro atoms. The fourth-order valence-electron chi connectivity index (χ4n) is 3.76. The van der Waals surface area contributed by atoms with Crippen LogP contribution < -0.4 is 4.74 Å². The van der Waals surface area contributed by atoms with E-state index in [2.05, 4.69) is 9.97 Å². The zero-order valence-corrected chi connectivity index (χ0v) is 20.6. The second kappa shape index (κ2) is 10.8. The third kappa shape index (κ3) is 5.68. The lowest BCUT2D eigenvalue weighted by molar-refractivity contribution is 0.290. The first kappa shape index (κ1) is 23.9. The predicted octanol–water partition coefficient (Wildman–Crippen LogP) is 8.94. The highest BCUT2D eigenvalue weighted by Crippen LogP contribution is 2.30. The molecule has 0 saturated carbocycles. The van der Waals surface area contributed by atoms with Crippen LogP contribution >= 0.6 is 23.2 Å². The van der Waals surface area contributed by atoms with Gasteiger partial charge in [0.15, 0.2) is 11.6 Å². The molecule has 5 rings (SSSR count). The van der Waals surface area contributed by atoms with E-state index in [1.807, 2.05) is 78.9 Å². The molecule has 0 aliphatic rings. The van der Waals surface area contributed by atoms with Gasteiger partial charge in [-0.2, -0.15) is 0 Å². The molecule has 0 bridgehead atoms. The Morgan fingerprint density at radius 1 is 0.833 bits per heavy atom. The molecule has 0 saturated heterocycles. The maximum absolute atomic E-state index is 14.6. The minimum absolute atomic E-state index is 0.236. The molecule has 1 N–H and O–H groups in total. The van der Waals surface area contributed by atoms with Crippen LogP contribution in [0.1, 0.15) is 17.0 Å². The van der Waals surface area contributed by atoms with E-state index in [4.69, 9.17) is 27.9 Å². The van der Waals surface area contributed by atoms with Crippen molar-refractivity contribution < 1.29 is 9.13 Å². The number of benzene rings is 4. The molecular weight excluding hydrogens is 494 g/mol. The fraction of sp³-hybridized carbons (Fsp3) is 0.0333. The first-order chi connectivity index (χ1) is 17.5. The standard InChI is InChI=1S/C30H21Cl2FN2O/c31-24-12-13-25(26(32)17-24)28-18-34-30(35-28)15-8-20-6-9-22(10-7-20)23-11-14-29(27(33)16-23)36-19-21-4-2-1-3-5-21/h1-18H,19H2,(H,34,35). The van der Waals surface area contributed by atoms with Crippen molar-refractivity contribution in [2.24, 2.45) is 0 Å². The smallest absolute Gasteiger partial charge is 0.165 e. The highest BCUT2D eigenvalue weighted by Gasteiger charge is 2.08. The molecule has 36 heavy (non-hydrogen) atoms. The Morgan fingerprint density at radius 2 is 1.61 bits per heavy atom. The van der Waals surface area contributed by atoms with Crippen LogP contribution in [-0.2, 0) is 6.61 Å². The number of nitrogens with one attached hydrogen (secondary N) is 1. The number of rotatable bonds is 7. The summed E-state index contributed by atoms with van der Waals surface area (Å²) in [6.07, 6.45) is 5.58. The summed E-state index contributed by atoms with van der Waals surface area (Å²) in [6.45, 7) is 0.321. The number of halogens is 3. The van der Waals surface area contributed by atoms with Gasteiger partial charge in [0.05, 0.1) is 16.9 Å². The highest BCUT2D eigenvalue weighted by atomic mass is 35.5. The molecule has 0 aliphatic carbocycles. The summed E-state index contributed by atoms with van der Waals surface area (Å²) in [4.78, 5) is 7.65. The van der Waals surface area contributed by atoms with Gasteiger partial charge in [-0.25, -0.2) is 9.37 Å². The van der Waals surface area contributed by atoms with Gasteiger partial charge in [0.2, 0.25) is 0 Å². The normalized spacial score (nSPS) is 11.2. The van der Waals surface area contributed by atoms with Crippen LogP contribution in [0.3, 0.4) is 0 Å². The van der Waals surface area contributed by atoms with Crippen molar-refractivity contribution in [3.63, 3.8) is 0 Å². The number of hydrogen-bond acceptors (Lipinski definition) is 2. The van der Waals surface area contributed by atoms with E-state index in [-0.39, 0.29) is 11.6 Å². The van der Waals surface area contributed by atoms with Gasteiger partial charge in [-0.3, -0.25) is 0 Å². The molecule has 3 nitrogen and oxygen atoms in total. The maximum atomic E-state index is 14.6. The molecule has 0 atom stereocenters. The van der Waals surface area contributed by atoms with Crippen molar-refractivity contribution in [2.75, 3.05) is 0 Å². The fourth-order valence-corrected chi connectivity index (χ4v) is 4.27. The molecule has 0 unspecified atom stereocenters. The average molecular weight is 515 g/mol. The number of imidazole rings is 1. The Hall–Kier alpha value is -3.86. The van der Waals surface area contributed by atoms with E-state index in [1.54, 1.807) is 24.4 Å². The van der Waals surface area contributed by atoms with E-state index in [9.17, 15) is 4.39 Å². The second-order valence-electron chi connectivity index (χ2n) is 8.18. The maximum Gasteiger partial charge on any atom is 0.165 e. The topological polar surface area (TPSA) is 37.9 Å². The van der Waals surface area contributed by atoms with Crippen LogP contribution in [-0.4, -0.2) is 9.97 Å². The van der Waals surface area contributed by atoms with Crippen LogP contribution in [0.5, 0.6) is 5.75 Å². The summed E-state index contributed by atoms with van der Waals surface area (Å²) >= 11 is 12.3. The Labute approximate surface area is 218 Å². The molecule has 0 aliphatic heterocycles. The molecule has 4 aromatic carbocycles. The number of aromatic nitrogens is 2. The molecule has 178 valence electrons. The summed E-state index contributed by atoms with van der Waals surface area (Å²) in [5.74, 6) is 0.551. The van der Waals surface area contributed by atoms with Crippen LogP contribution in [0.2, 0.25) is 10.0 Å². The lowest BCUT2D eigenvalue weighted by Crippen LogP contribution is -1.97. The van der Waals surface area contributed by atoms with Crippen molar-refractivity contribution in [3.8, 4) is 28.1 Å². The SMILES string of the molecule is Fc1cc(-c2ccc(C=Cc3ncc(-c4ccc(Cl)cc4Cl)[nH]3)cc2)ccc1OCc1ccccc1. The predicted molar refractivity (Wildman–Crippen MR) is 146 cm³/mol. The van der Waals surface area contributed by atoms with E-state index in [0.29, 0.717) is 22.5 Å². The minimum atomic E-state index is -0.387. The van der Waals surface area contributed by atoms with Gasteiger partial charge in [0, 0.05) is 10.6 Å². The van der Waals surface area contributed by atoms with E-state index < -0.39 is 0 Å². The monoisotopic (exact) mass is 514 g/mol. The van der Waals surface area contributed by atoms with Gasteiger partial charge >= 0.3 is 0 Å². The zero-order chi connectivity index (χ0) is 24.9. The van der Waals surface area contributed by atoms with Crippen molar-refractivity contribution in [1.29, 1.82) is 0 Å². The molecule has 0 amide bonds. The number of aromatic amines is 1. The molecule has 1 heterocycles. The minimum Gasteiger partial charge on any atom is -0.486 e. The lowest BCUT2D eigenvalue weighted by Gasteiger charge is -2.09. The Balaban J connectivity index is 1.25. The molecule has 0 fully saturated rings. The van der Waals surface area contributed by atoms with Crippen LogP contribution in [0, 0.1) is 5.82 Å². The van der Waals surface area contributed by atoms with Crippen LogP contribution in [0.15, 0.2) is 97.2 Å². The van der Waals surface area contributed by atoms with Crippen LogP contribution in [0.4, 0.5) is 4.39 Å². The third-order valence-corrected chi connectivity index (χ3v) is 6.21. The summed E-state index contributed by atoms with van der Waals surface area (Å²) < 4.78 is 20.3. The van der Waals surface area contributed by atoms with E-state index in [1.165, 1.54) is 6.07 Å². The largest absolute Gasteiger partial charge is 0.486 e. The number of hydrogen-bond donors (Lipinski definition) is 1. The Kier molecular flexibility index (Phi) is 7.17. The molecule has 1 aromatic heterocycles. The highest BCUT2D eigenvalue weighted by molar-refractivity contribution is 6.36. The molecular formula is C30H21Cl2FN2O. The number of ether oxygens (including phenoxy) is 1. The molecule has 6 heteroatoms. The first-order valence-corrected chi connectivity index (χ1v) is 12.1. The van der Waals surface area contributed by atoms with Gasteiger partial charge in [-0.1, -0.05) is 89.9 Å². The van der Waals surface area contributed by atoms with E-state index >= 15 is 0 Å². The lowest BCUT2D eigenvalue weighted by atomic mass is 10.0.